The van der Waals surface area contributed by atoms with Gasteiger partial charge in [-0.1, -0.05) is 0 Å². The largest absolute Gasteiger partial charge is 0.383 e. The molecule has 0 radical (unpaired) electrons. The molecule has 1 saturated heterocycles. The number of rotatable bonds is 6. The molecule has 0 bridgehead atoms. The molecule has 0 aromatic carbocycles. The smallest absolute Gasteiger partial charge is 0.225 e. The van der Waals surface area contributed by atoms with E-state index in [2.05, 4.69) is 34.0 Å². The van der Waals surface area contributed by atoms with Crippen LogP contribution in [0.15, 0.2) is 0 Å². The van der Waals surface area contributed by atoms with Gasteiger partial charge < -0.3 is 15.0 Å². The van der Waals surface area contributed by atoms with Gasteiger partial charge >= 0.3 is 0 Å². The second-order valence-electron chi connectivity index (χ2n) is 5.04. The molecule has 5 heteroatoms. The summed E-state index contributed by atoms with van der Waals surface area (Å²) in [6.45, 7) is 8.70. The molecule has 1 aliphatic heterocycles. The second kappa shape index (κ2) is 6.82. The van der Waals surface area contributed by atoms with E-state index in [1.807, 2.05) is 0 Å². The fourth-order valence-corrected chi connectivity index (χ4v) is 2.42. The van der Waals surface area contributed by atoms with Crippen molar-refractivity contribution < 1.29 is 4.74 Å². The molecule has 0 spiro atoms. The lowest BCUT2D eigenvalue weighted by Crippen LogP contribution is -2.24. The first-order valence-corrected chi connectivity index (χ1v) is 7.01. The van der Waals surface area contributed by atoms with Crippen molar-refractivity contribution in [1.82, 2.24) is 15.3 Å². The Morgan fingerprint density at radius 3 is 2.37 bits per heavy atom. The second-order valence-corrected chi connectivity index (χ2v) is 5.04. The number of nitrogens with one attached hydrogen (secondary N) is 1. The monoisotopic (exact) mass is 264 g/mol. The maximum absolute atomic E-state index is 5.03. The molecule has 0 unspecified atom stereocenters. The molecule has 1 aromatic heterocycles. The van der Waals surface area contributed by atoms with Crippen LogP contribution in [0.5, 0.6) is 0 Å². The summed E-state index contributed by atoms with van der Waals surface area (Å²) >= 11 is 0. The summed E-state index contributed by atoms with van der Waals surface area (Å²) in [7, 11) is 1.71. The predicted molar refractivity (Wildman–Crippen MR) is 76.5 cm³/mol. The van der Waals surface area contributed by atoms with E-state index in [0.717, 1.165) is 50.1 Å². The number of methoxy groups -OCH3 is 1. The molecule has 19 heavy (non-hydrogen) atoms. The van der Waals surface area contributed by atoms with Gasteiger partial charge in [0, 0.05) is 50.2 Å². The summed E-state index contributed by atoms with van der Waals surface area (Å²) in [5.74, 6) is 0.896. The summed E-state index contributed by atoms with van der Waals surface area (Å²) in [6, 6.07) is 0. The molecule has 0 amide bonds. The molecular formula is C14H24N4O. The Kier molecular flexibility index (Phi) is 5.10. The number of aryl methyl sites for hydroxylation is 2. The number of nitrogens with zero attached hydrogens (tertiary/aromatic N) is 3. The average molecular weight is 264 g/mol. The van der Waals surface area contributed by atoms with E-state index in [1.54, 1.807) is 7.11 Å². The fraction of sp³-hybridized carbons (Fsp3) is 0.714. The Labute approximate surface area is 115 Å². The molecule has 0 aliphatic carbocycles. The Bertz CT molecular complexity index is 393. The molecule has 2 heterocycles. The van der Waals surface area contributed by atoms with Crippen LogP contribution in [-0.2, 0) is 11.3 Å². The highest BCUT2D eigenvalue weighted by atomic mass is 16.5. The first-order valence-electron chi connectivity index (χ1n) is 7.01. The van der Waals surface area contributed by atoms with Gasteiger partial charge in [0.2, 0.25) is 5.95 Å². The van der Waals surface area contributed by atoms with Crippen molar-refractivity contribution in [1.29, 1.82) is 0 Å². The summed E-state index contributed by atoms with van der Waals surface area (Å²) in [4.78, 5) is 11.6. The van der Waals surface area contributed by atoms with E-state index in [-0.39, 0.29) is 0 Å². The summed E-state index contributed by atoms with van der Waals surface area (Å²) < 4.78 is 5.03. The van der Waals surface area contributed by atoms with Crippen LogP contribution in [0, 0.1) is 13.8 Å². The number of aromatic nitrogens is 2. The molecule has 1 aromatic rings. The third kappa shape index (κ3) is 3.64. The van der Waals surface area contributed by atoms with Crippen molar-refractivity contribution in [2.24, 2.45) is 0 Å². The average Bonchev–Trinajstić information content (AvgIpc) is 2.90. The van der Waals surface area contributed by atoms with Gasteiger partial charge in [-0.3, -0.25) is 0 Å². The Balaban J connectivity index is 2.04. The van der Waals surface area contributed by atoms with E-state index < -0.39 is 0 Å². The zero-order valence-electron chi connectivity index (χ0n) is 12.2. The van der Waals surface area contributed by atoms with Crippen molar-refractivity contribution in [2.45, 2.75) is 33.2 Å². The molecular weight excluding hydrogens is 240 g/mol. The van der Waals surface area contributed by atoms with Crippen LogP contribution in [0.3, 0.4) is 0 Å². The van der Waals surface area contributed by atoms with E-state index in [0.29, 0.717) is 0 Å². The number of hydrogen-bond donors (Lipinski definition) is 1. The van der Waals surface area contributed by atoms with Crippen molar-refractivity contribution >= 4 is 5.95 Å². The molecule has 2 rings (SSSR count). The van der Waals surface area contributed by atoms with Gasteiger partial charge in [-0.15, -0.1) is 0 Å². The molecule has 5 nitrogen and oxygen atoms in total. The lowest BCUT2D eigenvalue weighted by Gasteiger charge is -2.18. The van der Waals surface area contributed by atoms with E-state index >= 15 is 0 Å². The van der Waals surface area contributed by atoms with Gasteiger partial charge in [0.05, 0.1) is 6.61 Å². The molecule has 1 fully saturated rings. The van der Waals surface area contributed by atoms with Crippen LogP contribution < -0.4 is 10.2 Å². The SMILES string of the molecule is COCCNCc1c(C)nc(N2CCCC2)nc1C. The van der Waals surface area contributed by atoms with Gasteiger partial charge in [-0.05, 0) is 26.7 Å². The highest BCUT2D eigenvalue weighted by molar-refractivity contribution is 5.37. The van der Waals surface area contributed by atoms with Gasteiger partial charge in [0.25, 0.3) is 0 Å². The lowest BCUT2D eigenvalue weighted by atomic mass is 10.1. The molecule has 0 atom stereocenters. The molecule has 106 valence electrons. The highest BCUT2D eigenvalue weighted by Gasteiger charge is 2.17. The van der Waals surface area contributed by atoms with E-state index in [1.165, 1.54) is 18.4 Å². The number of anilines is 1. The number of hydrogen-bond acceptors (Lipinski definition) is 5. The third-order valence-corrected chi connectivity index (χ3v) is 3.58. The van der Waals surface area contributed by atoms with Crippen molar-refractivity contribution in [3.63, 3.8) is 0 Å². The summed E-state index contributed by atoms with van der Waals surface area (Å²) in [6.07, 6.45) is 2.50. The highest BCUT2D eigenvalue weighted by Crippen LogP contribution is 2.19. The van der Waals surface area contributed by atoms with Crippen LogP contribution in [0.1, 0.15) is 29.8 Å². The van der Waals surface area contributed by atoms with Crippen molar-refractivity contribution in [2.75, 3.05) is 38.3 Å². The first kappa shape index (κ1) is 14.2. The minimum Gasteiger partial charge on any atom is -0.383 e. The Morgan fingerprint density at radius 2 is 1.79 bits per heavy atom. The minimum atomic E-state index is 0.727. The van der Waals surface area contributed by atoms with E-state index in [9.17, 15) is 0 Å². The topological polar surface area (TPSA) is 50.3 Å². The van der Waals surface area contributed by atoms with Crippen LogP contribution >= 0.6 is 0 Å². The first-order chi connectivity index (χ1) is 9.22. The minimum absolute atomic E-state index is 0.727. The van der Waals surface area contributed by atoms with Gasteiger partial charge in [-0.2, -0.15) is 0 Å². The van der Waals surface area contributed by atoms with Gasteiger partial charge in [0.15, 0.2) is 0 Å². The maximum Gasteiger partial charge on any atom is 0.225 e. The zero-order chi connectivity index (χ0) is 13.7. The van der Waals surface area contributed by atoms with Crippen LogP contribution in [0.25, 0.3) is 0 Å². The lowest BCUT2D eigenvalue weighted by molar-refractivity contribution is 0.199. The van der Waals surface area contributed by atoms with Gasteiger partial charge in [0.1, 0.15) is 0 Å². The fourth-order valence-electron chi connectivity index (χ4n) is 2.42. The number of ether oxygens (including phenoxy) is 1. The molecule has 1 N–H and O–H groups in total. The molecule has 0 saturated carbocycles. The third-order valence-electron chi connectivity index (χ3n) is 3.58. The van der Waals surface area contributed by atoms with Crippen LogP contribution in [-0.4, -0.2) is 43.3 Å². The van der Waals surface area contributed by atoms with Crippen molar-refractivity contribution in [3.8, 4) is 0 Å². The standard InChI is InChI=1S/C14H24N4O/c1-11-13(10-15-6-9-19-3)12(2)17-14(16-11)18-7-4-5-8-18/h15H,4-10H2,1-3H3. The molecule has 1 aliphatic rings. The zero-order valence-corrected chi connectivity index (χ0v) is 12.2. The van der Waals surface area contributed by atoms with Crippen molar-refractivity contribution in [3.05, 3.63) is 17.0 Å². The quantitative estimate of drug-likeness (QED) is 0.788. The van der Waals surface area contributed by atoms with Crippen LogP contribution in [0.2, 0.25) is 0 Å². The summed E-state index contributed by atoms with van der Waals surface area (Å²) in [5.41, 5.74) is 3.37. The Hall–Kier alpha value is -1.20. The predicted octanol–water partition coefficient (Wildman–Crippen LogP) is 1.43. The Morgan fingerprint density at radius 1 is 1.16 bits per heavy atom. The van der Waals surface area contributed by atoms with Crippen LogP contribution in [0.4, 0.5) is 5.95 Å². The maximum atomic E-state index is 5.03. The summed E-state index contributed by atoms with van der Waals surface area (Å²) in [5, 5.41) is 3.35. The normalized spacial score (nSPS) is 15.2. The van der Waals surface area contributed by atoms with E-state index in [4.69, 9.17) is 4.74 Å². The van der Waals surface area contributed by atoms with Gasteiger partial charge in [-0.25, -0.2) is 9.97 Å².